The van der Waals surface area contributed by atoms with E-state index in [-0.39, 0.29) is 0 Å². The first-order valence-corrected chi connectivity index (χ1v) is 6.59. The van der Waals surface area contributed by atoms with Gasteiger partial charge in [0, 0.05) is 12.6 Å². The number of hydrogen-bond acceptors (Lipinski definition) is 1. The van der Waals surface area contributed by atoms with Crippen molar-refractivity contribution in [3.05, 3.63) is 0 Å². The second-order valence-corrected chi connectivity index (χ2v) is 5.20. The molecule has 2 fully saturated rings. The predicted molar refractivity (Wildman–Crippen MR) is 61.4 cm³/mol. The minimum atomic E-state index is 0.974. The van der Waals surface area contributed by atoms with E-state index in [1.165, 1.54) is 51.6 Å². The smallest absolute Gasteiger partial charge is 0.00953 e. The van der Waals surface area contributed by atoms with Crippen molar-refractivity contribution in [3.63, 3.8) is 0 Å². The van der Waals surface area contributed by atoms with Crippen molar-refractivity contribution < 1.29 is 0 Å². The number of likely N-dealkylation sites (tertiary alicyclic amines) is 1. The topological polar surface area (TPSA) is 3.24 Å². The first-order chi connectivity index (χ1) is 6.85. The summed E-state index contributed by atoms with van der Waals surface area (Å²) in [6.45, 7) is 7.53. The Morgan fingerprint density at radius 2 is 1.71 bits per heavy atom. The SMILES string of the molecule is CC[C@@H]1CCN(C2CCC2)C[C@@H]1CC. The van der Waals surface area contributed by atoms with E-state index in [0.29, 0.717) is 0 Å². The van der Waals surface area contributed by atoms with Gasteiger partial charge in [-0.25, -0.2) is 0 Å². The molecule has 2 aliphatic rings. The van der Waals surface area contributed by atoms with Crippen LogP contribution < -0.4 is 0 Å². The minimum absolute atomic E-state index is 0.974. The Balaban J connectivity index is 1.86. The minimum Gasteiger partial charge on any atom is -0.300 e. The van der Waals surface area contributed by atoms with Crippen molar-refractivity contribution in [2.24, 2.45) is 11.8 Å². The van der Waals surface area contributed by atoms with E-state index in [1.807, 2.05) is 0 Å². The van der Waals surface area contributed by atoms with Gasteiger partial charge in [0.2, 0.25) is 0 Å². The fraction of sp³-hybridized carbons (Fsp3) is 1.00. The van der Waals surface area contributed by atoms with Gasteiger partial charge in [0.15, 0.2) is 0 Å². The quantitative estimate of drug-likeness (QED) is 0.668. The van der Waals surface area contributed by atoms with Gasteiger partial charge >= 0.3 is 0 Å². The van der Waals surface area contributed by atoms with Crippen molar-refractivity contribution in [1.29, 1.82) is 0 Å². The molecule has 0 spiro atoms. The fourth-order valence-corrected chi connectivity index (χ4v) is 3.19. The van der Waals surface area contributed by atoms with Crippen LogP contribution in [0.2, 0.25) is 0 Å². The molecular weight excluding hydrogens is 170 g/mol. The fourth-order valence-electron chi connectivity index (χ4n) is 3.19. The molecule has 1 nitrogen and oxygen atoms in total. The average molecular weight is 195 g/mol. The zero-order valence-corrected chi connectivity index (χ0v) is 9.84. The van der Waals surface area contributed by atoms with Crippen LogP contribution in [0.5, 0.6) is 0 Å². The lowest BCUT2D eigenvalue weighted by Crippen LogP contribution is -2.48. The third-order valence-electron chi connectivity index (χ3n) is 4.56. The van der Waals surface area contributed by atoms with Crippen LogP contribution in [0, 0.1) is 11.8 Å². The molecule has 0 aromatic heterocycles. The normalized spacial score (nSPS) is 35.6. The summed E-state index contributed by atoms with van der Waals surface area (Å²) < 4.78 is 0. The van der Waals surface area contributed by atoms with Gasteiger partial charge in [0.05, 0.1) is 0 Å². The lowest BCUT2D eigenvalue weighted by molar-refractivity contribution is 0.0445. The van der Waals surface area contributed by atoms with Gasteiger partial charge in [0.1, 0.15) is 0 Å². The molecule has 82 valence electrons. The van der Waals surface area contributed by atoms with Crippen molar-refractivity contribution in [2.45, 2.75) is 58.4 Å². The van der Waals surface area contributed by atoms with E-state index in [9.17, 15) is 0 Å². The molecular formula is C13H25N. The maximum atomic E-state index is 2.78. The summed E-state index contributed by atoms with van der Waals surface area (Å²) in [5.41, 5.74) is 0. The Hall–Kier alpha value is -0.0400. The maximum Gasteiger partial charge on any atom is 0.00953 e. The number of hydrogen-bond donors (Lipinski definition) is 0. The van der Waals surface area contributed by atoms with Crippen LogP contribution in [-0.2, 0) is 0 Å². The second-order valence-electron chi connectivity index (χ2n) is 5.20. The van der Waals surface area contributed by atoms with Gasteiger partial charge in [-0.05, 0) is 37.6 Å². The Labute approximate surface area is 88.9 Å². The van der Waals surface area contributed by atoms with E-state index in [1.54, 1.807) is 0 Å². The standard InChI is InChI=1S/C13H25N/c1-3-11-8-9-14(10-12(11)4-2)13-6-5-7-13/h11-13H,3-10H2,1-2H3/t11-,12+/m1/s1. The van der Waals surface area contributed by atoms with Crippen LogP contribution in [0.1, 0.15) is 52.4 Å². The second kappa shape index (κ2) is 4.65. The number of nitrogens with zero attached hydrogens (tertiary/aromatic N) is 1. The van der Waals surface area contributed by atoms with Gasteiger partial charge in [-0.1, -0.05) is 33.1 Å². The van der Waals surface area contributed by atoms with Gasteiger partial charge < -0.3 is 4.90 Å². The van der Waals surface area contributed by atoms with Crippen molar-refractivity contribution in [2.75, 3.05) is 13.1 Å². The van der Waals surface area contributed by atoms with Crippen LogP contribution in [0.25, 0.3) is 0 Å². The molecule has 1 aliphatic heterocycles. The Bertz CT molecular complexity index is 174. The molecule has 0 radical (unpaired) electrons. The molecule has 0 amide bonds. The lowest BCUT2D eigenvalue weighted by Gasteiger charge is -2.45. The van der Waals surface area contributed by atoms with E-state index in [2.05, 4.69) is 18.7 Å². The Morgan fingerprint density at radius 3 is 2.21 bits per heavy atom. The van der Waals surface area contributed by atoms with Crippen LogP contribution in [-0.4, -0.2) is 24.0 Å². The first-order valence-electron chi connectivity index (χ1n) is 6.59. The number of rotatable bonds is 3. The van der Waals surface area contributed by atoms with E-state index >= 15 is 0 Å². The largest absolute Gasteiger partial charge is 0.300 e. The van der Waals surface area contributed by atoms with Gasteiger partial charge in [-0.2, -0.15) is 0 Å². The summed E-state index contributed by atoms with van der Waals surface area (Å²) in [5.74, 6) is 2.02. The summed E-state index contributed by atoms with van der Waals surface area (Å²) >= 11 is 0. The lowest BCUT2D eigenvalue weighted by atomic mass is 9.80. The van der Waals surface area contributed by atoms with Crippen molar-refractivity contribution in [3.8, 4) is 0 Å². The van der Waals surface area contributed by atoms with Crippen LogP contribution in [0.3, 0.4) is 0 Å². The summed E-state index contributed by atoms with van der Waals surface area (Å²) in [6, 6.07) is 0.974. The molecule has 0 unspecified atom stereocenters. The van der Waals surface area contributed by atoms with Crippen molar-refractivity contribution >= 4 is 0 Å². The molecule has 1 heterocycles. The highest BCUT2D eigenvalue weighted by molar-refractivity contribution is 4.86. The van der Waals surface area contributed by atoms with E-state index in [4.69, 9.17) is 0 Å². The summed E-state index contributed by atoms with van der Waals surface area (Å²) in [6.07, 6.45) is 8.69. The van der Waals surface area contributed by atoms with Gasteiger partial charge in [-0.3, -0.25) is 0 Å². The molecule has 1 heteroatoms. The van der Waals surface area contributed by atoms with Gasteiger partial charge in [-0.15, -0.1) is 0 Å². The monoisotopic (exact) mass is 195 g/mol. The summed E-state index contributed by atoms with van der Waals surface area (Å²) in [5, 5.41) is 0. The highest BCUT2D eigenvalue weighted by Gasteiger charge is 2.32. The molecule has 2 atom stereocenters. The highest BCUT2D eigenvalue weighted by atomic mass is 15.2. The third-order valence-corrected chi connectivity index (χ3v) is 4.56. The van der Waals surface area contributed by atoms with Gasteiger partial charge in [0.25, 0.3) is 0 Å². The summed E-state index contributed by atoms with van der Waals surface area (Å²) in [4.78, 5) is 2.78. The zero-order chi connectivity index (χ0) is 9.97. The predicted octanol–water partition coefficient (Wildman–Crippen LogP) is 3.30. The molecule has 2 rings (SSSR count). The van der Waals surface area contributed by atoms with Crippen molar-refractivity contribution in [1.82, 2.24) is 4.90 Å². The van der Waals surface area contributed by atoms with Crippen LogP contribution in [0.15, 0.2) is 0 Å². The maximum absolute atomic E-state index is 2.78. The first kappa shape index (κ1) is 10.5. The van der Waals surface area contributed by atoms with Crippen LogP contribution >= 0.6 is 0 Å². The molecule has 0 aromatic carbocycles. The molecule has 1 aliphatic carbocycles. The Morgan fingerprint density at radius 1 is 1.00 bits per heavy atom. The third kappa shape index (κ3) is 1.98. The zero-order valence-electron chi connectivity index (χ0n) is 9.84. The van der Waals surface area contributed by atoms with E-state index < -0.39 is 0 Å². The highest BCUT2D eigenvalue weighted by Crippen LogP contribution is 2.33. The van der Waals surface area contributed by atoms with Crippen LogP contribution in [0.4, 0.5) is 0 Å². The average Bonchev–Trinajstić information content (AvgIpc) is 2.15. The molecule has 1 saturated carbocycles. The molecule has 0 bridgehead atoms. The molecule has 1 saturated heterocycles. The molecule has 0 N–H and O–H groups in total. The number of piperidine rings is 1. The Kier molecular flexibility index (Phi) is 3.48. The molecule has 14 heavy (non-hydrogen) atoms. The van der Waals surface area contributed by atoms with E-state index in [0.717, 1.165) is 17.9 Å². The summed E-state index contributed by atoms with van der Waals surface area (Å²) in [7, 11) is 0. The molecule has 0 aromatic rings.